The van der Waals surface area contributed by atoms with Crippen molar-refractivity contribution in [2.75, 3.05) is 0 Å². The fourth-order valence-corrected chi connectivity index (χ4v) is 4.48. The van der Waals surface area contributed by atoms with Gasteiger partial charge in [-0.3, -0.25) is 4.79 Å². The lowest BCUT2D eigenvalue weighted by molar-refractivity contribution is -0.159. The second-order valence-electron chi connectivity index (χ2n) is 9.10. The van der Waals surface area contributed by atoms with Crippen molar-refractivity contribution in [1.82, 2.24) is 0 Å². The molecule has 3 fully saturated rings. The summed E-state index contributed by atoms with van der Waals surface area (Å²) >= 11 is 0. The number of ether oxygens (including phenoxy) is 5. The minimum Gasteiger partial charge on any atom is -0.459 e. The number of rotatable bonds is 3. The Labute approximate surface area is 175 Å². The molecular weight excluding hydrogens is 392 g/mol. The van der Waals surface area contributed by atoms with Crippen molar-refractivity contribution < 1.29 is 38.1 Å². The molecule has 3 saturated heterocycles. The molecule has 8 heteroatoms. The van der Waals surface area contributed by atoms with Crippen molar-refractivity contribution in [2.45, 2.75) is 89.2 Å². The van der Waals surface area contributed by atoms with E-state index in [4.69, 9.17) is 23.7 Å². The van der Waals surface area contributed by atoms with Gasteiger partial charge in [0.2, 0.25) is 0 Å². The number of hydrogen-bond donors (Lipinski definition) is 0. The predicted molar refractivity (Wildman–Crippen MR) is 103 cm³/mol. The largest absolute Gasteiger partial charge is 0.459 e. The van der Waals surface area contributed by atoms with Crippen LogP contribution in [0.25, 0.3) is 0 Å². The minimum atomic E-state index is -0.980. The van der Waals surface area contributed by atoms with Gasteiger partial charge in [-0.25, -0.2) is 9.59 Å². The molecule has 0 aromatic carbocycles. The first-order valence-corrected chi connectivity index (χ1v) is 10.3. The van der Waals surface area contributed by atoms with Crippen molar-refractivity contribution in [1.29, 1.82) is 0 Å². The normalized spacial score (nSPS) is 46.5. The van der Waals surface area contributed by atoms with Gasteiger partial charge in [-0.1, -0.05) is 6.58 Å². The fraction of sp³-hybridized carbons (Fsp3) is 0.682. The monoisotopic (exact) mass is 420 g/mol. The highest BCUT2D eigenvalue weighted by molar-refractivity contribution is 5.91. The van der Waals surface area contributed by atoms with Crippen LogP contribution < -0.4 is 0 Å². The van der Waals surface area contributed by atoms with E-state index in [1.54, 1.807) is 19.9 Å². The van der Waals surface area contributed by atoms with Crippen LogP contribution in [0.4, 0.5) is 0 Å². The Bertz CT molecular complexity index is 846. The first kappa shape index (κ1) is 21.1. The maximum absolute atomic E-state index is 12.8. The third-order valence-electron chi connectivity index (χ3n) is 6.78. The van der Waals surface area contributed by atoms with Crippen LogP contribution in [0.2, 0.25) is 0 Å². The van der Waals surface area contributed by atoms with E-state index in [9.17, 15) is 14.4 Å². The van der Waals surface area contributed by atoms with Gasteiger partial charge in [0.25, 0.3) is 0 Å². The van der Waals surface area contributed by atoms with Crippen molar-refractivity contribution >= 4 is 17.9 Å². The molecule has 164 valence electrons. The average Bonchev–Trinajstić information content (AvgIpc) is 3.43. The zero-order chi connectivity index (χ0) is 22.0. The Hall–Kier alpha value is -2.19. The summed E-state index contributed by atoms with van der Waals surface area (Å²) < 4.78 is 28.3. The van der Waals surface area contributed by atoms with Gasteiger partial charge in [0.15, 0.2) is 5.60 Å². The molecule has 4 unspecified atom stereocenters. The van der Waals surface area contributed by atoms with Crippen LogP contribution in [0.3, 0.4) is 0 Å². The molecule has 0 saturated carbocycles. The highest BCUT2D eigenvalue weighted by atomic mass is 16.7. The Balaban J connectivity index is 1.67. The Morgan fingerprint density at radius 2 is 1.90 bits per heavy atom. The van der Waals surface area contributed by atoms with Gasteiger partial charge in [0.05, 0.1) is 23.7 Å². The van der Waals surface area contributed by atoms with Gasteiger partial charge in [-0.15, -0.1) is 0 Å². The standard InChI is InChI=1S/C22H28O8/c1-10-7-15-18(11(2)19(24)27-15)16(28-20(25)22(6)12(3)29-22)9-21(5)17(30-21)8-14(10)26-13(4)23/h7,12,14-18H,2,8-9H2,1,3-6H3/b10-7-/t12?,14?,15-,16?,17-,18+,21+,22?/m1/s1. The third-order valence-corrected chi connectivity index (χ3v) is 6.78. The SMILES string of the molecule is C=C1C(=O)O[C@@H]2/C=C(/C)C(OC(C)=O)C[C@H]3O[C@@]3(C)CC(OC(=O)C3(C)OC3C)[C@@H]12. The molecule has 0 spiro atoms. The lowest BCUT2D eigenvalue weighted by Gasteiger charge is -2.30. The zero-order valence-electron chi connectivity index (χ0n) is 17.9. The van der Waals surface area contributed by atoms with Gasteiger partial charge in [0, 0.05) is 25.3 Å². The topological polar surface area (TPSA) is 104 Å². The van der Waals surface area contributed by atoms with Crippen LogP contribution in [0, 0.1) is 5.92 Å². The van der Waals surface area contributed by atoms with E-state index in [0.29, 0.717) is 12.8 Å². The summed E-state index contributed by atoms with van der Waals surface area (Å²) in [5.74, 6) is -1.96. The molecule has 0 aromatic rings. The van der Waals surface area contributed by atoms with Gasteiger partial charge >= 0.3 is 17.9 Å². The maximum Gasteiger partial charge on any atom is 0.341 e. The van der Waals surface area contributed by atoms with E-state index in [2.05, 4.69) is 6.58 Å². The predicted octanol–water partition coefficient (Wildman–Crippen LogP) is 2.00. The smallest absolute Gasteiger partial charge is 0.341 e. The Kier molecular flexibility index (Phi) is 4.86. The summed E-state index contributed by atoms with van der Waals surface area (Å²) in [6, 6.07) is 0. The highest BCUT2D eigenvalue weighted by Gasteiger charge is 2.61. The quantitative estimate of drug-likeness (QED) is 0.225. The van der Waals surface area contributed by atoms with Crippen LogP contribution in [-0.2, 0) is 38.1 Å². The molecule has 30 heavy (non-hydrogen) atoms. The van der Waals surface area contributed by atoms with Crippen LogP contribution in [0.1, 0.15) is 47.5 Å². The van der Waals surface area contributed by atoms with Gasteiger partial charge in [-0.2, -0.15) is 0 Å². The van der Waals surface area contributed by atoms with Crippen molar-refractivity contribution in [3.8, 4) is 0 Å². The summed E-state index contributed by atoms with van der Waals surface area (Å²) in [4.78, 5) is 36.7. The molecule has 0 aromatic heterocycles. The molecule has 4 rings (SSSR count). The lowest BCUT2D eigenvalue weighted by atomic mass is 9.82. The maximum atomic E-state index is 12.8. The summed E-state index contributed by atoms with van der Waals surface area (Å²) in [6.07, 6.45) is 0.384. The van der Waals surface area contributed by atoms with Crippen LogP contribution in [0.5, 0.6) is 0 Å². The van der Waals surface area contributed by atoms with E-state index in [-0.39, 0.29) is 17.8 Å². The Morgan fingerprint density at radius 1 is 1.23 bits per heavy atom. The van der Waals surface area contributed by atoms with E-state index in [1.165, 1.54) is 6.92 Å². The molecule has 3 aliphatic heterocycles. The van der Waals surface area contributed by atoms with Crippen molar-refractivity contribution in [3.05, 3.63) is 23.8 Å². The molecule has 1 aliphatic carbocycles. The van der Waals surface area contributed by atoms with E-state index in [0.717, 1.165) is 5.57 Å². The van der Waals surface area contributed by atoms with Crippen molar-refractivity contribution in [2.24, 2.45) is 5.92 Å². The van der Waals surface area contributed by atoms with Gasteiger partial charge < -0.3 is 23.7 Å². The summed E-state index contributed by atoms with van der Waals surface area (Å²) in [6.45, 7) is 12.5. The molecule has 0 radical (unpaired) electrons. The highest BCUT2D eigenvalue weighted by Crippen LogP contribution is 2.49. The minimum absolute atomic E-state index is 0.166. The molecule has 3 heterocycles. The van der Waals surface area contributed by atoms with Crippen molar-refractivity contribution in [3.63, 3.8) is 0 Å². The van der Waals surface area contributed by atoms with E-state index >= 15 is 0 Å². The lowest BCUT2D eigenvalue weighted by Crippen LogP contribution is -2.40. The number of epoxide rings is 2. The van der Waals surface area contributed by atoms with Gasteiger partial charge in [-0.05, 0) is 39.3 Å². The molecule has 4 aliphatic rings. The summed E-state index contributed by atoms with van der Waals surface area (Å²) in [5.41, 5.74) is -0.554. The first-order valence-electron chi connectivity index (χ1n) is 10.3. The number of carbonyl (C=O) groups is 3. The zero-order valence-corrected chi connectivity index (χ0v) is 17.9. The van der Waals surface area contributed by atoms with E-state index < -0.39 is 53.3 Å². The molecule has 0 amide bonds. The number of carbonyl (C=O) groups excluding carboxylic acids is 3. The third kappa shape index (κ3) is 3.56. The molecule has 8 atom stereocenters. The number of esters is 3. The second-order valence-corrected chi connectivity index (χ2v) is 9.10. The second kappa shape index (κ2) is 6.92. The molecule has 0 N–H and O–H groups in total. The molecule has 8 nitrogen and oxygen atoms in total. The van der Waals surface area contributed by atoms with Crippen LogP contribution in [-0.4, -0.2) is 59.6 Å². The van der Waals surface area contributed by atoms with Crippen LogP contribution in [0.15, 0.2) is 23.8 Å². The van der Waals surface area contributed by atoms with E-state index in [1.807, 2.05) is 13.8 Å². The summed E-state index contributed by atoms with van der Waals surface area (Å²) in [5, 5.41) is 0. The number of hydrogen-bond acceptors (Lipinski definition) is 8. The summed E-state index contributed by atoms with van der Waals surface area (Å²) in [7, 11) is 0. The Morgan fingerprint density at radius 3 is 2.50 bits per heavy atom. The molecule has 0 bridgehead atoms. The molecular formula is C22H28O8. The first-order chi connectivity index (χ1) is 13.9. The van der Waals surface area contributed by atoms with Crippen LogP contribution >= 0.6 is 0 Å². The van der Waals surface area contributed by atoms with Gasteiger partial charge in [0.1, 0.15) is 18.3 Å². The average molecular weight is 420 g/mol. The number of fused-ring (bicyclic) bond motifs is 2. The fourth-order valence-electron chi connectivity index (χ4n) is 4.48.